The van der Waals surface area contributed by atoms with Crippen molar-refractivity contribution in [1.29, 1.82) is 0 Å². The molecule has 0 unspecified atom stereocenters. The summed E-state index contributed by atoms with van der Waals surface area (Å²) in [5.41, 5.74) is 0. The molecule has 0 aromatic rings. The molecule has 2 saturated heterocycles. The number of ether oxygens (including phenoxy) is 4. The summed E-state index contributed by atoms with van der Waals surface area (Å²) in [5, 5.41) is 9.08. The molecule has 0 saturated carbocycles. The van der Waals surface area contributed by atoms with Gasteiger partial charge >= 0.3 is 0 Å². The monoisotopic (exact) mass is 204 g/mol. The standard InChI is InChI=1S/C9H16O5/c1-9(2)13-6-5(4-10)12-8(11-3)7(6)14-9/h5-8,10H,4H2,1-3H3/t5-,6+,7+,8+/m0/s1. The molecule has 2 heterocycles. The molecule has 82 valence electrons. The summed E-state index contributed by atoms with van der Waals surface area (Å²) in [7, 11) is 1.55. The summed E-state index contributed by atoms with van der Waals surface area (Å²) >= 11 is 0. The van der Waals surface area contributed by atoms with Crippen molar-refractivity contribution in [3.8, 4) is 0 Å². The molecular formula is C9H16O5. The van der Waals surface area contributed by atoms with E-state index in [4.69, 9.17) is 24.1 Å². The lowest BCUT2D eigenvalue weighted by atomic mass is 10.1. The normalized spacial score (nSPS) is 45.4. The maximum Gasteiger partial charge on any atom is 0.186 e. The Kier molecular flexibility index (Phi) is 2.53. The predicted octanol–water partition coefficient (Wildman–Crippen LogP) is -0.130. The van der Waals surface area contributed by atoms with Gasteiger partial charge in [0, 0.05) is 7.11 Å². The van der Waals surface area contributed by atoms with E-state index >= 15 is 0 Å². The topological polar surface area (TPSA) is 57.2 Å². The molecule has 0 spiro atoms. The van der Waals surface area contributed by atoms with Crippen LogP contribution in [0.15, 0.2) is 0 Å². The minimum atomic E-state index is -0.622. The van der Waals surface area contributed by atoms with Crippen LogP contribution in [0.1, 0.15) is 13.8 Å². The number of hydrogen-bond donors (Lipinski definition) is 1. The Balaban J connectivity index is 2.12. The van der Waals surface area contributed by atoms with Gasteiger partial charge in [-0.2, -0.15) is 0 Å². The lowest BCUT2D eigenvalue weighted by Crippen LogP contribution is -2.31. The number of hydrogen-bond acceptors (Lipinski definition) is 5. The number of rotatable bonds is 2. The van der Waals surface area contributed by atoms with Crippen LogP contribution in [0.25, 0.3) is 0 Å². The van der Waals surface area contributed by atoms with Gasteiger partial charge in [-0.15, -0.1) is 0 Å². The van der Waals surface area contributed by atoms with Gasteiger partial charge in [0.15, 0.2) is 12.1 Å². The third kappa shape index (κ3) is 1.55. The first-order valence-corrected chi connectivity index (χ1v) is 4.72. The third-order valence-corrected chi connectivity index (χ3v) is 2.52. The zero-order valence-electron chi connectivity index (χ0n) is 8.60. The van der Waals surface area contributed by atoms with Gasteiger partial charge in [-0.1, -0.05) is 0 Å². The highest BCUT2D eigenvalue weighted by atomic mass is 16.8. The Morgan fingerprint density at radius 1 is 1.29 bits per heavy atom. The summed E-state index contributed by atoms with van der Waals surface area (Å²) < 4.78 is 21.8. The second kappa shape index (κ2) is 3.43. The summed E-state index contributed by atoms with van der Waals surface area (Å²) in [6, 6.07) is 0. The van der Waals surface area contributed by atoms with E-state index in [9.17, 15) is 0 Å². The van der Waals surface area contributed by atoms with Gasteiger partial charge in [0.1, 0.15) is 18.3 Å². The van der Waals surface area contributed by atoms with Gasteiger partial charge in [-0.25, -0.2) is 0 Å². The molecule has 1 N–H and O–H groups in total. The Morgan fingerprint density at radius 3 is 2.50 bits per heavy atom. The highest BCUT2D eigenvalue weighted by Gasteiger charge is 2.55. The van der Waals surface area contributed by atoms with Crippen LogP contribution in [-0.2, 0) is 18.9 Å². The Hall–Kier alpha value is -0.200. The van der Waals surface area contributed by atoms with Crippen molar-refractivity contribution in [1.82, 2.24) is 0 Å². The van der Waals surface area contributed by atoms with Crippen molar-refractivity contribution in [3.05, 3.63) is 0 Å². The second-order valence-electron chi connectivity index (χ2n) is 4.03. The highest BCUT2D eigenvalue weighted by molar-refractivity contribution is 4.94. The van der Waals surface area contributed by atoms with Gasteiger partial charge in [-0.3, -0.25) is 0 Å². The summed E-state index contributed by atoms with van der Waals surface area (Å²) in [6.07, 6.45) is -1.28. The van der Waals surface area contributed by atoms with Gasteiger partial charge in [0.05, 0.1) is 6.61 Å². The molecule has 0 radical (unpaired) electrons. The fourth-order valence-corrected chi connectivity index (χ4v) is 1.98. The smallest absolute Gasteiger partial charge is 0.186 e. The first-order valence-electron chi connectivity index (χ1n) is 4.72. The van der Waals surface area contributed by atoms with Crippen LogP contribution >= 0.6 is 0 Å². The summed E-state index contributed by atoms with van der Waals surface area (Å²) in [5.74, 6) is -0.622. The van der Waals surface area contributed by atoms with Crippen molar-refractivity contribution in [2.45, 2.75) is 44.2 Å². The molecule has 14 heavy (non-hydrogen) atoms. The molecule has 5 nitrogen and oxygen atoms in total. The zero-order chi connectivity index (χ0) is 10.3. The predicted molar refractivity (Wildman–Crippen MR) is 46.6 cm³/mol. The molecule has 2 aliphatic heterocycles. The molecule has 2 rings (SSSR count). The highest BCUT2D eigenvalue weighted by Crippen LogP contribution is 2.38. The van der Waals surface area contributed by atoms with Crippen molar-refractivity contribution in [3.63, 3.8) is 0 Å². The van der Waals surface area contributed by atoms with Crippen LogP contribution in [0.4, 0.5) is 0 Å². The largest absolute Gasteiger partial charge is 0.394 e. The maximum atomic E-state index is 9.08. The molecule has 2 aliphatic rings. The van der Waals surface area contributed by atoms with Crippen LogP contribution < -0.4 is 0 Å². The van der Waals surface area contributed by atoms with Crippen LogP contribution in [0.5, 0.6) is 0 Å². The van der Waals surface area contributed by atoms with Crippen molar-refractivity contribution in [2.75, 3.05) is 13.7 Å². The molecule has 4 atom stereocenters. The van der Waals surface area contributed by atoms with Gasteiger partial charge in [0.25, 0.3) is 0 Å². The van der Waals surface area contributed by atoms with E-state index in [0.29, 0.717) is 0 Å². The van der Waals surface area contributed by atoms with Crippen LogP contribution in [-0.4, -0.2) is 49.2 Å². The molecule has 0 aromatic heterocycles. The lowest BCUT2D eigenvalue weighted by molar-refractivity contribution is -0.230. The molecule has 0 aliphatic carbocycles. The lowest BCUT2D eigenvalue weighted by Gasteiger charge is -2.22. The second-order valence-corrected chi connectivity index (χ2v) is 4.03. The van der Waals surface area contributed by atoms with Gasteiger partial charge in [-0.05, 0) is 13.8 Å². The minimum absolute atomic E-state index is 0.0829. The quantitative estimate of drug-likeness (QED) is 0.679. The van der Waals surface area contributed by atoms with E-state index in [1.165, 1.54) is 0 Å². The van der Waals surface area contributed by atoms with Crippen molar-refractivity contribution in [2.24, 2.45) is 0 Å². The molecule has 2 fully saturated rings. The molecule has 0 amide bonds. The Morgan fingerprint density at radius 2 is 1.93 bits per heavy atom. The molecule has 5 heteroatoms. The molecular weight excluding hydrogens is 188 g/mol. The summed E-state index contributed by atoms with van der Waals surface area (Å²) in [6.45, 7) is 3.60. The van der Waals surface area contributed by atoms with E-state index in [-0.39, 0.29) is 24.9 Å². The van der Waals surface area contributed by atoms with Crippen LogP contribution in [0.3, 0.4) is 0 Å². The summed E-state index contributed by atoms with van der Waals surface area (Å²) in [4.78, 5) is 0. The number of methoxy groups -OCH3 is 1. The molecule has 0 bridgehead atoms. The van der Waals surface area contributed by atoms with E-state index in [0.717, 1.165) is 0 Å². The fraction of sp³-hybridized carbons (Fsp3) is 1.00. The Bertz CT molecular complexity index is 197. The van der Waals surface area contributed by atoms with Gasteiger partial charge < -0.3 is 24.1 Å². The van der Waals surface area contributed by atoms with Crippen molar-refractivity contribution < 1.29 is 24.1 Å². The van der Waals surface area contributed by atoms with E-state index in [2.05, 4.69) is 0 Å². The van der Waals surface area contributed by atoms with E-state index in [1.54, 1.807) is 7.11 Å². The van der Waals surface area contributed by atoms with Crippen LogP contribution in [0.2, 0.25) is 0 Å². The zero-order valence-corrected chi connectivity index (χ0v) is 8.60. The number of fused-ring (bicyclic) bond motifs is 1. The average Bonchev–Trinajstić information content (AvgIpc) is 2.57. The fourth-order valence-electron chi connectivity index (χ4n) is 1.98. The van der Waals surface area contributed by atoms with E-state index < -0.39 is 12.1 Å². The van der Waals surface area contributed by atoms with Crippen LogP contribution in [0, 0.1) is 0 Å². The third-order valence-electron chi connectivity index (χ3n) is 2.52. The molecule has 0 aromatic carbocycles. The first-order chi connectivity index (χ1) is 6.57. The maximum absolute atomic E-state index is 9.08. The number of aliphatic hydroxyl groups excluding tert-OH is 1. The van der Waals surface area contributed by atoms with E-state index in [1.807, 2.05) is 13.8 Å². The van der Waals surface area contributed by atoms with Crippen molar-refractivity contribution >= 4 is 0 Å². The average molecular weight is 204 g/mol. The SMILES string of the molecule is CO[C@@H]1O[C@@H](CO)[C@H]2OC(C)(C)O[C@@H]12. The number of aliphatic hydroxyl groups is 1. The Labute approximate surface area is 82.9 Å². The first kappa shape index (κ1) is 10.3. The minimum Gasteiger partial charge on any atom is -0.394 e. The van der Waals surface area contributed by atoms with Gasteiger partial charge in [0.2, 0.25) is 0 Å².